The van der Waals surface area contributed by atoms with Crippen molar-refractivity contribution in [2.45, 2.75) is 58.8 Å². The largest absolute Gasteiger partial charge is 0.0654 e. The van der Waals surface area contributed by atoms with Crippen LogP contribution in [-0.2, 0) is 19.3 Å². The number of unbranched alkanes of at least 4 members (excludes halogenated alkanes) is 2. The van der Waals surface area contributed by atoms with Crippen LogP contribution < -0.4 is 0 Å². The SMILES string of the molecule is CCCCc1ccc(CCCC)c2c1Cc1[c]cccc1-2. The summed E-state index contributed by atoms with van der Waals surface area (Å²) < 4.78 is 0. The Morgan fingerprint density at radius 2 is 1.67 bits per heavy atom. The van der Waals surface area contributed by atoms with Crippen molar-refractivity contribution < 1.29 is 0 Å². The van der Waals surface area contributed by atoms with Crippen LogP contribution in [0.4, 0.5) is 0 Å². The lowest BCUT2D eigenvalue weighted by Gasteiger charge is -2.13. The van der Waals surface area contributed by atoms with Crippen LogP contribution in [-0.4, -0.2) is 0 Å². The van der Waals surface area contributed by atoms with Crippen LogP contribution in [0.5, 0.6) is 0 Å². The van der Waals surface area contributed by atoms with Gasteiger partial charge in [-0.2, -0.15) is 0 Å². The van der Waals surface area contributed by atoms with Gasteiger partial charge in [0, 0.05) is 0 Å². The summed E-state index contributed by atoms with van der Waals surface area (Å²) >= 11 is 0. The molecule has 3 rings (SSSR count). The Morgan fingerprint density at radius 1 is 0.952 bits per heavy atom. The maximum Gasteiger partial charge on any atom is -0.000444 e. The molecule has 0 amide bonds. The first kappa shape index (κ1) is 14.4. The van der Waals surface area contributed by atoms with Gasteiger partial charge in [0.05, 0.1) is 0 Å². The highest BCUT2D eigenvalue weighted by atomic mass is 14.3. The van der Waals surface area contributed by atoms with E-state index >= 15 is 0 Å². The summed E-state index contributed by atoms with van der Waals surface area (Å²) in [5, 5.41) is 0. The zero-order valence-electron chi connectivity index (χ0n) is 13.3. The van der Waals surface area contributed by atoms with Gasteiger partial charge in [-0.05, 0) is 71.6 Å². The van der Waals surface area contributed by atoms with Gasteiger partial charge in [0.1, 0.15) is 0 Å². The minimum atomic E-state index is 1.09. The fourth-order valence-corrected chi connectivity index (χ4v) is 3.48. The van der Waals surface area contributed by atoms with Crippen LogP contribution in [0, 0.1) is 6.07 Å². The molecule has 0 spiro atoms. The first-order chi connectivity index (χ1) is 10.3. The summed E-state index contributed by atoms with van der Waals surface area (Å²) in [6.07, 6.45) is 8.63. The van der Waals surface area contributed by atoms with Crippen LogP contribution in [0.1, 0.15) is 61.8 Å². The van der Waals surface area contributed by atoms with Gasteiger partial charge < -0.3 is 0 Å². The molecular weight excluding hydrogens is 252 g/mol. The lowest BCUT2D eigenvalue weighted by atomic mass is 9.91. The van der Waals surface area contributed by atoms with E-state index in [9.17, 15) is 0 Å². The zero-order valence-corrected chi connectivity index (χ0v) is 13.3. The molecule has 0 unspecified atom stereocenters. The highest BCUT2D eigenvalue weighted by Crippen LogP contribution is 2.41. The van der Waals surface area contributed by atoms with Crippen LogP contribution >= 0.6 is 0 Å². The van der Waals surface area contributed by atoms with E-state index in [1.165, 1.54) is 49.7 Å². The van der Waals surface area contributed by atoms with Crippen molar-refractivity contribution in [1.29, 1.82) is 0 Å². The number of hydrogen-bond acceptors (Lipinski definition) is 0. The summed E-state index contributed by atoms with van der Waals surface area (Å²) in [4.78, 5) is 0. The van der Waals surface area contributed by atoms with Gasteiger partial charge in [-0.25, -0.2) is 0 Å². The number of benzene rings is 2. The van der Waals surface area contributed by atoms with E-state index in [1.807, 2.05) is 0 Å². The second-order valence-electron chi connectivity index (χ2n) is 6.18. The van der Waals surface area contributed by atoms with Crippen molar-refractivity contribution in [3.05, 3.63) is 58.7 Å². The lowest BCUT2D eigenvalue weighted by Crippen LogP contribution is -1.97. The van der Waals surface area contributed by atoms with Gasteiger partial charge in [-0.15, -0.1) is 0 Å². The molecule has 0 fully saturated rings. The molecule has 0 saturated carbocycles. The number of aryl methyl sites for hydroxylation is 2. The molecule has 1 aliphatic carbocycles. The smallest absolute Gasteiger partial charge is 0.000444 e. The van der Waals surface area contributed by atoms with E-state index in [2.05, 4.69) is 50.2 Å². The third-order valence-electron chi connectivity index (χ3n) is 4.66. The Balaban J connectivity index is 2.05. The molecule has 0 heteroatoms. The standard InChI is InChI=1S/C21H25/c1-3-5-9-16-13-14-17(10-6-4-2)21-19-12-8-7-11-18(19)15-20(16)21/h7-8,12-14H,3-6,9-10,15H2,1-2H3. The van der Waals surface area contributed by atoms with Gasteiger partial charge in [-0.1, -0.05) is 57.0 Å². The minimum Gasteiger partial charge on any atom is -0.0654 e. The summed E-state index contributed by atoms with van der Waals surface area (Å²) in [7, 11) is 0. The van der Waals surface area contributed by atoms with Gasteiger partial charge in [0.25, 0.3) is 0 Å². The van der Waals surface area contributed by atoms with Gasteiger partial charge in [-0.3, -0.25) is 0 Å². The van der Waals surface area contributed by atoms with E-state index in [1.54, 1.807) is 22.3 Å². The van der Waals surface area contributed by atoms with Gasteiger partial charge in [0.15, 0.2) is 0 Å². The fraction of sp³-hybridized carbons (Fsp3) is 0.429. The van der Waals surface area contributed by atoms with Gasteiger partial charge in [0.2, 0.25) is 0 Å². The molecule has 0 nitrogen and oxygen atoms in total. The van der Waals surface area contributed by atoms with Crippen molar-refractivity contribution in [2.75, 3.05) is 0 Å². The topological polar surface area (TPSA) is 0 Å². The molecule has 109 valence electrons. The van der Waals surface area contributed by atoms with Crippen molar-refractivity contribution >= 4 is 0 Å². The highest BCUT2D eigenvalue weighted by molar-refractivity contribution is 5.80. The molecule has 0 aromatic heterocycles. The van der Waals surface area contributed by atoms with Crippen LogP contribution in [0.2, 0.25) is 0 Å². The lowest BCUT2D eigenvalue weighted by molar-refractivity contribution is 0.782. The number of rotatable bonds is 6. The zero-order chi connectivity index (χ0) is 14.7. The van der Waals surface area contributed by atoms with Crippen LogP contribution in [0.15, 0.2) is 30.3 Å². The van der Waals surface area contributed by atoms with Gasteiger partial charge >= 0.3 is 0 Å². The molecule has 0 saturated heterocycles. The van der Waals surface area contributed by atoms with Crippen LogP contribution in [0.25, 0.3) is 11.1 Å². The molecule has 1 aliphatic rings. The first-order valence-electron chi connectivity index (χ1n) is 8.48. The van der Waals surface area contributed by atoms with E-state index in [-0.39, 0.29) is 0 Å². The first-order valence-corrected chi connectivity index (χ1v) is 8.48. The maximum absolute atomic E-state index is 3.46. The monoisotopic (exact) mass is 277 g/mol. The van der Waals surface area contributed by atoms with Crippen molar-refractivity contribution in [1.82, 2.24) is 0 Å². The Morgan fingerprint density at radius 3 is 2.43 bits per heavy atom. The Bertz CT molecular complexity index is 622. The normalized spacial score (nSPS) is 12.3. The predicted octanol–water partition coefficient (Wildman–Crippen LogP) is 5.74. The summed E-state index contributed by atoms with van der Waals surface area (Å²) in [6.45, 7) is 4.55. The molecule has 0 aliphatic heterocycles. The summed E-state index contributed by atoms with van der Waals surface area (Å²) in [5.41, 5.74) is 9.09. The molecule has 1 radical (unpaired) electrons. The van der Waals surface area contributed by atoms with Crippen molar-refractivity contribution in [2.24, 2.45) is 0 Å². The van der Waals surface area contributed by atoms with Crippen molar-refractivity contribution in [3.8, 4) is 11.1 Å². The molecule has 21 heavy (non-hydrogen) atoms. The quantitative estimate of drug-likeness (QED) is 0.538. The van der Waals surface area contributed by atoms with Crippen molar-refractivity contribution in [3.63, 3.8) is 0 Å². The van der Waals surface area contributed by atoms with E-state index < -0.39 is 0 Å². The second-order valence-corrected chi connectivity index (χ2v) is 6.18. The third kappa shape index (κ3) is 2.77. The Labute approximate surface area is 129 Å². The average Bonchev–Trinajstić information content (AvgIpc) is 2.91. The maximum atomic E-state index is 3.46. The fourth-order valence-electron chi connectivity index (χ4n) is 3.48. The molecule has 0 heterocycles. The Kier molecular flexibility index (Phi) is 4.43. The third-order valence-corrected chi connectivity index (χ3v) is 4.66. The summed E-state index contributed by atoms with van der Waals surface area (Å²) in [6, 6.07) is 14.7. The second kappa shape index (κ2) is 6.47. The predicted molar refractivity (Wildman–Crippen MR) is 90.7 cm³/mol. The van der Waals surface area contributed by atoms with Crippen LogP contribution in [0.3, 0.4) is 0 Å². The molecule has 0 atom stereocenters. The summed E-state index contributed by atoms with van der Waals surface area (Å²) in [5.74, 6) is 0. The molecule has 2 aromatic carbocycles. The molecule has 2 aromatic rings. The number of fused-ring (bicyclic) bond motifs is 3. The highest BCUT2D eigenvalue weighted by Gasteiger charge is 2.23. The average molecular weight is 277 g/mol. The number of hydrogen-bond donors (Lipinski definition) is 0. The van der Waals surface area contributed by atoms with E-state index in [0.717, 1.165) is 6.42 Å². The Hall–Kier alpha value is -1.56. The molecule has 0 N–H and O–H groups in total. The molecule has 0 bridgehead atoms. The molecular formula is C21H25. The van der Waals surface area contributed by atoms with E-state index in [0.29, 0.717) is 0 Å². The van der Waals surface area contributed by atoms with E-state index in [4.69, 9.17) is 0 Å². The minimum absolute atomic E-state index is 1.09.